The molecule has 0 fully saturated rings. The van der Waals surface area contributed by atoms with Crippen molar-refractivity contribution < 1.29 is 17.9 Å². The van der Waals surface area contributed by atoms with Gasteiger partial charge in [-0.2, -0.15) is 0 Å². The fraction of sp³-hybridized carbons (Fsp3) is 0.800. The van der Waals surface area contributed by atoms with E-state index in [4.69, 9.17) is 10.2 Å². The average molecular weight is 144 g/mol. The Balaban J connectivity index is -0.0000000817. The van der Waals surface area contributed by atoms with Gasteiger partial charge in [0.15, 0.2) is 0 Å². The summed E-state index contributed by atoms with van der Waals surface area (Å²) in [6.07, 6.45) is -0.201. The second-order valence-corrected chi connectivity index (χ2v) is 2.38. The van der Waals surface area contributed by atoms with Crippen molar-refractivity contribution in [2.45, 2.75) is 25.9 Å². The fourth-order valence-corrected chi connectivity index (χ4v) is 0.370. The van der Waals surface area contributed by atoms with Gasteiger partial charge in [-0.05, 0) is 13.8 Å². The van der Waals surface area contributed by atoms with E-state index < -0.39 is 11.6 Å². The number of aliphatic hydroxyl groups is 1. The van der Waals surface area contributed by atoms with E-state index in [-0.39, 0.29) is 32.3 Å². The van der Waals surface area contributed by atoms with E-state index in [1.54, 1.807) is 0 Å². The molecule has 0 amide bonds. The number of rotatable bonds is 2. The third kappa shape index (κ3) is 11.7. The maximum atomic E-state index is 9.85. The van der Waals surface area contributed by atoms with Gasteiger partial charge in [0.25, 0.3) is 0 Å². The molecule has 0 atom stereocenters. The van der Waals surface area contributed by atoms with Gasteiger partial charge in [-0.15, -0.1) is 0 Å². The van der Waals surface area contributed by atoms with Gasteiger partial charge in [-0.1, -0.05) is 0 Å². The summed E-state index contributed by atoms with van der Waals surface area (Å²) in [6.45, 7) is 2.92. The molecule has 2 N–H and O–H groups in total. The van der Waals surface area contributed by atoms with Crippen molar-refractivity contribution in [3.63, 3.8) is 0 Å². The first kappa shape index (κ1) is 11.9. The van der Waals surface area contributed by atoms with Crippen LogP contribution in [-0.2, 0) is 4.79 Å². The van der Waals surface area contributed by atoms with Crippen LogP contribution in [0.1, 0.15) is 23.1 Å². The first-order valence-corrected chi connectivity index (χ1v) is 2.36. The molecule has 0 aliphatic carbocycles. The van der Waals surface area contributed by atoms with E-state index in [0.29, 0.717) is 0 Å². The minimum Gasteiger partial charge on any atom is -1.00 e. The van der Waals surface area contributed by atoms with Crippen LogP contribution in [0.25, 0.3) is 0 Å². The van der Waals surface area contributed by atoms with Crippen LogP contribution in [0.5, 0.6) is 0 Å². The summed E-state index contributed by atoms with van der Waals surface area (Å²) in [6, 6.07) is 0. The Kier molecular flexibility index (Phi) is 5.41. The zero-order valence-electron chi connectivity index (χ0n) is 7.72. The molecule has 0 bridgehead atoms. The molecule has 0 heterocycles. The summed E-state index contributed by atoms with van der Waals surface area (Å²) in [5.41, 5.74) is -1.08. The van der Waals surface area contributed by atoms with Crippen LogP contribution < -0.4 is 0 Å². The van der Waals surface area contributed by atoms with Gasteiger partial charge in [0, 0.05) is 0 Å². The molecule has 0 spiro atoms. The molecule has 0 saturated heterocycles. The van der Waals surface area contributed by atoms with Gasteiger partial charge < -0.3 is 13.1 Å². The maximum absolute atomic E-state index is 9.85. The normalized spacial score (nSPS) is 10.1. The number of carboxylic acid groups (broad SMARTS) is 1. The van der Waals surface area contributed by atoms with E-state index in [1.165, 1.54) is 13.8 Å². The Hall–Kier alpha value is 0.196. The van der Waals surface area contributed by atoms with E-state index in [1.807, 2.05) is 0 Å². The van der Waals surface area contributed by atoms with Crippen molar-refractivity contribution in [1.82, 2.24) is 0 Å². The van der Waals surface area contributed by atoms with Crippen LogP contribution in [0.2, 0.25) is 0 Å². The van der Waals surface area contributed by atoms with E-state index in [9.17, 15) is 4.79 Å². The predicted molar refractivity (Wildman–Crippen MR) is 36.5 cm³/mol. The van der Waals surface area contributed by atoms with E-state index in [0.717, 1.165) is 0 Å². The van der Waals surface area contributed by atoms with Crippen molar-refractivity contribution in [2.75, 3.05) is 0 Å². The molecule has 0 aliphatic heterocycles. The van der Waals surface area contributed by atoms with Gasteiger partial charge in [-0.25, -0.2) is 0 Å². The predicted octanol–water partition coefficient (Wildman–Crippen LogP) is 0.0762. The van der Waals surface area contributed by atoms with Crippen LogP contribution in [0.15, 0.2) is 0 Å². The minimum atomic E-state index is -1.08. The standard InChI is InChI=1S/C5H10O3.Mg.2H/c1-5(2,8)3-4(6)7;;;/h8H,3H2,1-2H3,(H,6,7);;;/q;+2;2*-1. The summed E-state index contributed by atoms with van der Waals surface area (Å²) >= 11 is 0. The number of carboxylic acids is 1. The Bertz CT molecular complexity index is 102. The molecule has 0 aromatic carbocycles. The van der Waals surface area contributed by atoms with Gasteiger partial charge in [0.1, 0.15) is 0 Å². The molecular weight excluding hydrogens is 132 g/mol. The van der Waals surface area contributed by atoms with Crippen molar-refractivity contribution in [3.8, 4) is 0 Å². The molecule has 0 aromatic heterocycles. The zero-order valence-corrected chi connectivity index (χ0v) is 7.13. The quantitative estimate of drug-likeness (QED) is 0.540. The fourth-order valence-electron chi connectivity index (χ4n) is 0.370. The number of aliphatic carboxylic acids is 1. The summed E-state index contributed by atoms with van der Waals surface area (Å²) < 4.78 is 0. The number of hydrogen-bond donors (Lipinski definition) is 2. The third-order valence-corrected chi connectivity index (χ3v) is 0.584. The Morgan fingerprint density at radius 3 is 2.00 bits per heavy atom. The molecule has 0 unspecified atom stereocenters. The minimum absolute atomic E-state index is 0. The van der Waals surface area contributed by atoms with E-state index in [2.05, 4.69) is 0 Å². The third-order valence-electron chi connectivity index (χ3n) is 0.584. The first-order valence-electron chi connectivity index (χ1n) is 2.36. The number of hydrogen-bond acceptors (Lipinski definition) is 2. The molecule has 9 heavy (non-hydrogen) atoms. The Labute approximate surface area is 73.2 Å². The molecule has 0 rings (SSSR count). The van der Waals surface area contributed by atoms with Gasteiger partial charge in [0.05, 0.1) is 12.0 Å². The molecule has 0 aliphatic rings. The van der Waals surface area contributed by atoms with Crippen LogP contribution in [0.4, 0.5) is 0 Å². The summed E-state index contributed by atoms with van der Waals surface area (Å²) in [5, 5.41) is 16.9. The van der Waals surface area contributed by atoms with Crippen molar-refractivity contribution in [3.05, 3.63) is 0 Å². The largest absolute Gasteiger partial charge is 2.00 e. The summed E-state index contributed by atoms with van der Waals surface area (Å²) in [4.78, 5) is 9.85. The van der Waals surface area contributed by atoms with Crippen LogP contribution in [0.3, 0.4) is 0 Å². The molecule has 0 aromatic rings. The van der Waals surface area contributed by atoms with Crippen LogP contribution in [-0.4, -0.2) is 44.8 Å². The number of carbonyl (C=O) groups is 1. The SMILES string of the molecule is CC(C)(O)CC(=O)O.[H-].[H-].[Mg+2]. The van der Waals surface area contributed by atoms with Gasteiger partial charge in [-0.3, -0.25) is 4.79 Å². The maximum Gasteiger partial charge on any atom is 2.00 e. The average Bonchev–Trinajstić information content (AvgIpc) is 1.21. The first-order chi connectivity index (χ1) is 3.42. The van der Waals surface area contributed by atoms with Crippen LogP contribution in [0, 0.1) is 0 Å². The molecule has 0 saturated carbocycles. The summed E-state index contributed by atoms with van der Waals surface area (Å²) in [5.74, 6) is -0.975. The monoisotopic (exact) mass is 144 g/mol. The molecule has 3 nitrogen and oxygen atoms in total. The Morgan fingerprint density at radius 1 is 1.67 bits per heavy atom. The zero-order chi connectivity index (χ0) is 6.78. The van der Waals surface area contributed by atoms with Crippen LogP contribution >= 0.6 is 0 Å². The molecule has 52 valence electrons. The van der Waals surface area contributed by atoms with Gasteiger partial charge in [0.2, 0.25) is 0 Å². The van der Waals surface area contributed by atoms with Crippen molar-refractivity contribution >= 4 is 29.0 Å². The Morgan fingerprint density at radius 2 is 2.00 bits per heavy atom. The van der Waals surface area contributed by atoms with Crippen molar-refractivity contribution in [2.24, 2.45) is 0 Å². The second kappa shape index (κ2) is 4.08. The molecule has 4 heteroatoms. The second-order valence-electron chi connectivity index (χ2n) is 2.38. The van der Waals surface area contributed by atoms with E-state index >= 15 is 0 Å². The van der Waals surface area contributed by atoms with Crippen molar-refractivity contribution in [1.29, 1.82) is 0 Å². The topological polar surface area (TPSA) is 57.5 Å². The smallest absolute Gasteiger partial charge is 1.00 e. The van der Waals surface area contributed by atoms with Gasteiger partial charge >= 0.3 is 29.0 Å². The molecular formula is C5H12MgO3. The molecule has 0 radical (unpaired) electrons. The summed E-state index contributed by atoms with van der Waals surface area (Å²) in [7, 11) is 0.